The van der Waals surface area contributed by atoms with Crippen LogP contribution in [0.1, 0.15) is 20.8 Å². The minimum atomic E-state index is -0.188. The van der Waals surface area contributed by atoms with Crippen LogP contribution in [0.25, 0.3) is 10.8 Å². The van der Waals surface area contributed by atoms with Crippen molar-refractivity contribution in [3.8, 4) is 0 Å². The second-order valence-electron chi connectivity index (χ2n) is 5.50. The van der Waals surface area contributed by atoms with E-state index >= 15 is 0 Å². The molecule has 2 aromatic rings. The van der Waals surface area contributed by atoms with E-state index in [1.54, 1.807) is 0 Å². The van der Waals surface area contributed by atoms with Gasteiger partial charge in [-0.1, -0.05) is 36.4 Å². The van der Waals surface area contributed by atoms with Crippen molar-refractivity contribution in [3.05, 3.63) is 42.5 Å². The third-order valence-electron chi connectivity index (χ3n) is 3.09. The Bertz CT molecular complexity index is 521. The first-order valence-electron chi connectivity index (χ1n) is 6.53. The Morgan fingerprint density at radius 2 is 1.72 bits per heavy atom. The highest BCUT2D eigenvalue weighted by Gasteiger charge is 2.17. The first-order chi connectivity index (χ1) is 8.51. The Hall–Kier alpha value is -1.54. The van der Waals surface area contributed by atoms with Gasteiger partial charge in [-0.05, 0) is 32.2 Å². The average Bonchev–Trinajstić information content (AvgIpc) is 2.34. The van der Waals surface area contributed by atoms with E-state index in [0.717, 1.165) is 13.1 Å². The number of likely N-dealkylation sites (N-methyl/N-ethyl adjacent to an activating group) is 1. The van der Waals surface area contributed by atoms with Gasteiger partial charge < -0.3 is 10.6 Å². The minimum Gasteiger partial charge on any atom is -0.369 e. The predicted molar refractivity (Wildman–Crippen MR) is 80.1 cm³/mol. The summed E-state index contributed by atoms with van der Waals surface area (Å²) in [7, 11) is 0. The first-order valence-corrected chi connectivity index (χ1v) is 6.53. The van der Waals surface area contributed by atoms with Gasteiger partial charge in [0.15, 0.2) is 0 Å². The predicted octanol–water partition coefficient (Wildman–Crippen LogP) is 3.40. The first kappa shape index (κ1) is 12.9. The number of benzene rings is 2. The van der Waals surface area contributed by atoms with Crippen molar-refractivity contribution < 1.29 is 0 Å². The fourth-order valence-corrected chi connectivity index (χ4v) is 2.34. The molecule has 0 aromatic heterocycles. The molecule has 0 spiro atoms. The molecule has 0 amide bonds. The van der Waals surface area contributed by atoms with Gasteiger partial charge in [0.1, 0.15) is 0 Å². The van der Waals surface area contributed by atoms with Gasteiger partial charge in [-0.3, -0.25) is 0 Å². The molecule has 0 aliphatic heterocycles. The summed E-state index contributed by atoms with van der Waals surface area (Å²) in [5.74, 6) is 0. The van der Waals surface area contributed by atoms with Gasteiger partial charge in [-0.25, -0.2) is 0 Å². The molecule has 0 atom stereocenters. The monoisotopic (exact) mass is 242 g/mol. The van der Waals surface area contributed by atoms with Gasteiger partial charge in [-0.15, -0.1) is 0 Å². The van der Waals surface area contributed by atoms with E-state index in [0.29, 0.717) is 0 Å². The van der Waals surface area contributed by atoms with E-state index in [9.17, 15) is 0 Å². The Morgan fingerprint density at radius 1 is 1.06 bits per heavy atom. The highest BCUT2D eigenvalue weighted by atomic mass is 15.1. The molecule has 0 saturated heterocycles. The minimum absolute atomic E-state index is 0.188. The number of rotatable bonds is 4. The number of hydrogen-bond donors (Lipinski definition) is 1. The number of hydrogen-bond acceptors (Lipinski definition) is 2. The van der Waals surface area contributed by atoms with Crippen LogP contribution in [0.3, 0.4) is 0 Å². The van der Waals surface area contributed by atoms with E-state index in [-0.39, 0.29) is 5.54 Å². The zero-order valence-electron chi connectivity index (χ0n) is 11.5. The van der Waals surface area contributed by atoms with Crippen molar-refractivity contribution in [2.24, 2.45) is 5.73 Å². The summed E-state index contributed by atoms with van der Waals surface area (Å²) in [4.78, 5) is 2.35. The molecule has 2 heteroatoms. The van der Waals surface area contributed by atoms with Crippen LogP contribution in [0.5, 0.6) is 0 Å². The largest absolute Gasteiger partial charge is 0.369 e. The summed E-state index contributed by atoms with van der Waals surface area (Å²) in [6, 6.07) is 14.9. The Balaban J connectivity index is 2.45. The standard InChI is InChI=1S/C16H22N2/c1-4-18(12-16(2,3)17)15-11-7-9-13-8-5-6-10-14(13)15/h5-11H,4,12,17H2,1-3H3. The van der Waals surface area contributed by atoms with Gasteiger partial charge in [-0.2, -0.15) is 0 Å². The molecule has 0 fully saturated rings. The summed E-state index contributed by atoms with van der Waals surface area (Å²) >= 11 is 0. The summed E-state index contributed by atoms with van der Waals surface area (Å²) < 4.78 is 0. The quantitative estimate of drug-likeness (QED) is 0.890. The van der Waals surface area contributed by atoms with Gasteiger partial charge in [0, 0.05) is 29.7 Å². The lowest BCUT2D eigenvalue weighted by Gasteiger charge is -2.31. The summed E-state index contributed by atoms with van der Waals surface area (Å²) in [6.45, 7) is 8.14. The zero-order chi connectivity index (χ0) is 13.2. The lowest BCUT2D eigenvalue weighted by molar-refractivity contribution is 0.510. The SMILES string of the molecule is CCN(CC(C)(C)N)c1cccc2ccccc12. The van der Waals surface area contributed by atoms with E-state index in [4.69, 9.17) is 5.73 Å². The molecule has 0 aliphatic rings. The molecule has 0 saturated carbocycles. The molecule has 2 aromatic carbocycles. The van der Waals surface area contributed by atoms with Crippen molar-refractivity contribution >= 4 is 16.5 Å². The molecule has 0 aliphatic carbocycles. The molecule has 0 bridgehead atoms. The van der Waals surface area contributed by atoms with Crippen LogP contribution in [0.15, 0.2) is 42.5 Å². The Labute approximate surface area is 109 Å². The van der Waals surface area contributed by atoms with Crippen LogP contribution < -0.4 is 10.6 Å². The van der Waals surface area contributed by atoms with Crippen LogP contribution in [-0.4, -0.2) is 18.6 Å². The molecular formula is C16H22N2. The molecular weight excluding hydrogens is 220 g/mol. The van der Waals surface area contributed by atoms with Crippen molar-refractivity contribution in [3.63, 3.8) is 0 Å². The Kier molecular flexibility index (Phi) is 3.58. The summed E-state index contributed by atoms with van der Waals surface area (Å²) in [5.41, 5.74) is 7.24. The van der Waals surface area contributed by atoms with E-state index in [1.165, 1.54) is 16.5 Å². The van der Waals surface area contributed by atoms with Crippen LogP contribution in [0, 0.1) is 0 Å². The molecule has 96 valence electrons. The van der Waals surface area contributed by atoms with E-state index in [2.05, 4.69) is 68.1 Å². The van der Waals surface area contributed by atoms with Crippen molar-refractivity contribution in [1.29, 1.82) is 0 Å². The molecule has 0 heterocycles. The maximum atomic E-state index is 6.15. The smallest absolute Gasteiger partial charge is 0.0446 e. The lowest BCUT2D eigenvalue weighted by Crippen LogP contribution is -2.45. The molecule has 18 heavy (non-hydrogen) atoms. The van der Waals surface area contributed by atoms with Crippen molar-refractivity contribution in [2.45, 2.75) is 26.3 Å². The third-order valence-corrected chi connectivity index (χ3v) is 3.09. The van der Waals surface area contributed by atoms with Crippen LogP contribution in [-0.2, 0) is 0 Å². The van der Waals surface area contributed by atoms with Gasteiger partial charge >= 0.3 is 0 Å². The molecule has 0 unspecified atom stereocenters. The van der Waals surface area contributed by atoms with Crippen molar-refractivity contribution in [1.82, 2.24) is 0 Å². The topological polar surface area (TPSA) is 29.3 Å². The molecule has 2 N–H and O–H groups in total. The third kappa shape index (κ3) is 2.82. The van der Waals surface area contributed by atoms with Crippen LogP contribution in [0.2, 0.25) is 0 Å². The Morgan fingerprint density at radius 3 is 2.39 bits per heavy atom. The maximum Gasteiger partial charge on any atom is 0.0446 e. The highest BCUT2D eigenvalue weighted by Crippen LogP contribution is 2.27. The van der Waals surface area contributed by atoms with Crippen molar-refractivity contribution in [2.75, 3.05) is 18.0 Å². The average molecular weight is 242 g/mol. The number of nitrogens with two attached hydrogens (primary N) is 1. The molecule has 2 rings (SSSR count). The summed E-state index contributed by atoms with van der Waals surface area (Å²) in [6.07, 6.45) is 0. The normalized spacial score (nSPS) is 11.8. The van der Waals surface area contributed by atoms with Gasteiger partial charge in [0.2, 0.25) is 0 Å². The van der Waals surface area contributed by atoms with E-state index < -0.39 is 0 Å². The fraction of sp³-hybridized carbons (Fsp3) is 0.375. The van der Waals surface area contributed by atoms with Gasteiger partial charge in [0.05, 0.1) is 0 Å². The van der Waals surface area contributed by atoms with Crippen LogP contribution >= 0.6 is 0 Å². The molecule has 0 radical (unpaired) electrons. The molecule has 2 nitrogen and oxygen atoms in total. The number of fused-ring (bicyclic) bond motifs is 1. The fourth-order valence-electron chi connectivity index (χ4n) is 2.34. The maximum absolute atomic E-state index is 6.15. The van der Waals surface area contributed by atoms with E-state index in [1.807, 2.05) is 0 Å². The van der Waals surface area contributed by atoms with Gasteiger partial charge in [0.25, 0.3) is 0 Å². The zero-order valence-corrected chi connectivity index (χ0v) is 11.5. The number of nitrogens with zero attached hydrogens (tertiary/aromatic N) is 1. The van der Waals surface area contributed by atoms with Crippen LogP contribution in [0.4, 0.5) is 5.69 Å². The second-order valence-corrected chi connectivity index (χ2v) is 5.50. The number of anilines is 1. The second kappa shape index (κ2) is 4.99. The highest BCUT2D eigenvalue weighted by molar-refractivity contribution is 5.94. The lowest BCUT2D eigenvalue weighted by atomic mass is 10.0. The summed E-state index contributed by atoms with van der Waals surface area (Å²) in [5, 5.41) is 2.58.